The Hall–Kier alpha value is -0.0400. The highest BCUT2D eigenvalue weighted by Crippen LogP contribution is 2.36. The van der Waals surface area contributed by atoms with E-state index in [1.807, 2.05) is 0 Å². The van der Waals surface area contributed by atoms with Crippen molar-refractivity contribution in [3.63, 3.8) is 0 Å². The molecule has 0 aromatic rings. The van der Waals surface area contributed by atoms with Crippen LogP contribution in [0.15, 0.2) is 0 Å². The topological polar surface area (TPSA) is 12.0 Å². The first-order valence-corrected chi connectivity index (χ1v) is 7.35. The average Bonchev–Trinajstić information content (AvgIpc) is 2.54. The molecule has 1 aliphatic rings. The molecule has 0 saturated heterocycles. The van der Waals surface area contributed by atoms with Gasteiger partial charge in [-0.2, -0.15) is 0 Å². The van der Waals surface area contributed by atoms with Gasteiger partial charge in [-0.15, -0.1) is 0 Å². The van der Waals surface area contributed by atoms with Crippen LogP contribution < -0.4 is 5.32 Å². The molecule has 1 atom stereocenters. The van der Waals surface area contributed by atoms with Gasteiger partial charge in [0.25, 0.3) is 0 Å². The predicted molar refractivity (Wildman–Crippen MR) is 72.7 cm³/mol. The van der Waals surface area contributed by atoms with E-state index in [-0.39, 0.29) is 0 Å². The standard InChI is InChI=1S/C15H31N/c1-5-15(3,4)14(16-6-2)13-11-9-7-8-10-12-13/h13-14,16H,5-12H2,1-4H3. The fraction of sp³-hybridized carbons (Fsp3) is 1.00. The largest absolute Gasteiger partial charge is 0.313 e. The lowest BCUT2D eigenvalue weighted by Crippen LogP contribution is -2.46. The number of rotatable bonds is 5. The van der Waals surface area contributed by atoms with Crippen molar-refractivity contribution in [3.8, 4) is 0 Å². The Labute approximate surface area is 102 Å². The third kappa shape index (κ3) is 3.76. The zero-order valence-electron chi connectivity index (χ0n) is 11.8. The van der Waals surface area contributed by atoms with Gasteiger partial charge in [-0.1, -0.05) is 53.4 Å². The van der Waals surface area contributed by atoms with Gasteiger partial charge < -0.3 is 5.32 Å². The summed E-state index contributed by atoms with van der Waals surface area (Å²) in [6.07, 6.45) is 9.99. The third-order valence-corrected chi connectivity index (χ3v) is 4.55. The molecular formula is C15H31N. The van der Waals surface area contributed by atoms with Crippen molar-refractivity contribution >= 4 is 0 Å². The fourth-order valence-electron chi connectivity index (χ4n) is 3.17. The normalized spacial score (nSPS) is 21.8. The summed E-state index contributed by atoms with van der Waals surface area (Å²) >= 11 is 0. The summed E-state index contributed by atoms with van der Waals surface area (Å²) < 4.78 is 0. The van der Waals surface area contributed by atoms with Crippen LogP contribution in [0.4, 0.5) is 0 Å². The molecule has 1 N–H and O–H groups in total. The Morgan fingerprint density at radius 1 is 1.06 bits per heavy atom. The lowest BCUT2D eigenvalue weighted by Gasteiger charge is -2.39. The van der Waals surface area contributed by atoms with E-state index in [0.29, 0.717) is 5.41 Å². The van der Waals surface area contributed by atoms with E-state index in [2.05, 4.69) is 33.0 Å². The zero-order chi connectivity index (χ0) is 12.0. The van der Waals surface area contributed by atoms with Gasteiger partial charge in [0.15, 0.2) is 0 Å². The van der Waals surface area contributed by atoms with E-state index in [1.165, 1.54) is 44.9 Å². The molecular weight excluding hydrogens is 194 g/mol. The quantitative estimate of drug-likeness (QED) is 0.685. The summed E-state index contributed by atoms with van der Waals surface area (Å²) in [5.74, 6) is 0.914. The van der Waals surface area contributed by atoms with Gasteiger partial charge in [-0.05, 0) is 37.1 Å². The van der Waals surface area contributed by atoms with Crippen molar-refractivity contribution in [2.75, 3.05) is 6.54 Å². The van der Waals surface area contributed by atoms with E-state index in [9.17, 15) is 0 Å². The molecule has 0 bridgehead atoms. The van der Waals surface area contributed by atoms with E-state index in [4.69, 9.17) is 0 Å². The van der Waals surface area contributed by atoms with Crippen LogP contribution in [0.5, 0.6) is 0 Å². The van der Waals surface area contributed by atoms with Crippen molar-refractivity contribution in [3.05, 3.63) is 0 Å². The minimum absolute atomic E-state index is 0.449. The van der Waals surface area contributed by atoms with Gasteiger partial charge in [0.2, 0.25) is 0 Å². The first-order chi connectivity index (χ1) is 7.61. The second kappa shape index (κ2) is 6.64. The maximum atomic E-state index is 3.77. The van der Waals surface area contributed by atoms with Crippen LogP contribution in [-0.2, 0) is 0 Å². The highest BCUT2D eigenvalue weighted by Gasteiger charge is 2.33. The van der Waals surface area contributed by atoms with Crippen LogP contribution in [0, 0.1) is 11.3 Å². The number of nitrogens with one attached hydrogen (secondary N) is 1. The Morgan fingerprint density at radius 3 is 2.06 bits per heavy atom. The van der Waals surface area contributed by atoms with Crippen molar-refractivity contribution in [2.24, 2.45) is 11.3 Å². The predicted octanol–water partition coefficient (Wildman–Crippen LogP) is 4.37. The average molecular weight is 225 g/mol. The summed E-state index contributed by atoms with van der Waals surface area (Å²) in [4.78, 5) is 0. The lowest BCUT2D eigenvalue weighted by molar-refractivity contribution is 0.156. The Bertz CT molecular complexity index is 178. The summed E-state index contributed by atoms with van der Waals surface area (Å²) in [5.41, 5.74) is 0.449. The minimum Gasteiger partial charge on any atom is -0.313 e. The zero-order valence-corrected chi connectivity index (χ0v) is 11.8. The van der Waals surface area contributed by atoms with E-state index < -0.39 is 0 Å². The minimum atomic E-state index is 0.449. The van der Waals surface area contributed by atoms with Crippen LogP contribution >= 0.6 is 0 Å². The van der Waals surface area contributed by atoms with E-state index in [0.717, 1.165) is 18.5 Å². The Balaban J connectivity index is 2.66. The maximum Gasteiger partial charge on any atom is 0.0146 e. The van der Waals surface area contributed by atoms with Gasteiger partial charge in [0.05, 0.1) is 0 Å². The summed E-state index contributed by atoms with van der Waals surface area (Å²) in [6.45, 7) is 10.6. The van der Waals surface area contributed by atoms with Gasteiger partial charge >= 0.3 is 0 Å². The molecule has 0 aliphatic heterocycles. The second-order valence-corrected chi connectivity index (χ2v) is 6.13. The summed E-state index contributed by atoms with van der Waals surface area (Å²) in [6, 6.07) is 0.723. The first kappa shape index (κ1) is 14.0. The van der Waals surface area contributed by atoms with Crippen LogP contribution in [0.3, 0.4) is 0 Å². The van der Waals surface area contributed by atoms with Gasteiger partial charge in [0, 0.05) is 6.04 Å². The molecule has 1 nitrogen and oxygen atoms in total. The molecule has 1 aliphatic carbocycles. The van der Waals surface area contributed by atoms with Crippen molar-refractivity contribution < 1.29 is 0 Å². The third-order valence-electron chi connectivity index (χ3n) is 4.55. The highest BCUT2D eigenvalue weighted by molar-refractivity contribution is 4.89. The van der Waals surface area contributed by atoms with Crippen LogP contribution in [0.1, 0.15) is 72.6 Å². The summed E-state index contributed by atoms with van der Waals surface area (Å²) in [7, 11) is 0. The fourth-order valence-corrected chi connectivity index (χ4v) is 3.17. The molecule has 1 fully saturated rings. The molecule has 1 unspecified atom stereocenters. The lowest BCUT2D eigenvalue weighted by atomic mass is 9.73. The molecule has 1 rings (SSSR count). The van der Waals surface area contributed by atoms with Gasteiger partial charge in [-0.25, -0.2) is 0 Å². The molecule has 0 heterocycles. The molecule has 0 radical (unpaired) electrons. The van der Waals surface area contributed by atoms with E-state index >= 15 is 0 Å². The number of hydrogen-bond donors (Lipinski definition) is 1. The van der Waals surface area contributed by atoms with E-state index in [1.54, 1.807) is 0 Å². The SMILES string of the molecule is CCNC(C1CCCCCC1)C(C)(C)CC. The molecule has 1 heteroatoms. The molecule has 1 saturated carbocycles. The van der Waals surface area contributed by atoms with Crippen molar-refractivity contribution in [1.29, 1.82) is 0 Å². The molecule has 96 valence electrons. The molecule has 16 heavy (non-hydrogen) atoms. The number of hydrogen-bond acceptors (Lipinski definition) is 1. The van der Waals surface area contributed by atoms with Crippen LogP contribution in [0.25, 0.3) is 0 Å². The Kier molecular flexibility index (Phi) is 5.82. The van der Waals surface area contributed by atoms with Gasteiger partial charge in [-0.3, -0.25) is 0 Å². The van der Waals surface area contributed by atoms with Gasteiger partial charge in [0.1, 0.15) is 0 Å². The Morgan fingerprint density at radius 2 is 1.62 bits per heavy atom. The molecule has 0 aromatic carbocycles. The highest BCUT2D eigenvalue weighted by atomic mass is 14.9. The van der Waals surface area contributed by atoms with Crippen LogP contribution in [-0.4, -0.2) is 12.6 Å². The monoisotopic (exact) mass is 225 g/mol. The molecule has 0 spiro atoms. The maximum absolute atomic E-state index is 3.77. The van der Waals surface area contributed by atoms with Crippen molar-refractivity contribution in [1.82, 2.24) is 5.32 Å². The molecule has 0 aromatic heterocycles. The molecule has 0 amide bonds. The second-order valence-electron chi connectivity index (χ2n) is 6.13. The first-order valence-electron chi connectivity index (χ1n) is 7.35. The smallest absolute Gasteiger partial charge is 0.0146 e. The summed E-state index contributed by atoms with van der Waals surface area (Å²) in [5, 5.41) is 3.77. The van der Waals surface area contributed by atoms with Crippen molar-refractivity contribution in [2.45, 2.75) is 78.7 Å². The van der Waals surface area contributed by atoms with Crippen LogP contribution in [0.2, 0.25) is 0 Å².